The van der Waals surface area contributed by atoms with E-state index in [-0.39, 0.29) is 17.1 Å². The van der Waals surface area contributed by atoms with Crippen LogP contribution in [0.3, 0.4) is 0 Å². The number of nitrogens with one attached hydrogen (secondary N) is 1. The lowest BCUT2D eigenvalue weighted by atomic mass is 9.96. The molecule has 1 atom stereocenters. The zero-order valence-corrected chi connectivity index (χ0v) is 14.6. The predicted molar refractivity (Wildman–Crippen MR) is 95.9 cm³/mol. The van der Waals surface area contributed by atoms with Gasteiger partial charge in [-0.2, -0.15) is 0 Å². The van der Waals surface area contributed by atoms with Gasteiger partial charge in [0.2, 0.25) is 0 Å². The molecule has 0 aromatic carbocycles. The molecule has 0 unspecified atom stereocenters. The van der Waals surface area contributed by atoms with Crippen molar-refractivity contribution < 1.29 is 4.92 Å². The minimum absolute atomic E-state index is 0.00528. The number of hydrogen-bond donors (Lipinski definition) is 1. The van der Waals surface area contributed by atoms with Crippen molar-refractivity contribution in [1.29, 1.82) is 0 Å². The molecule has 1 fully saturated rings. The molecule has 2 aromatic rings. The minimum Gasteiger partial charge on any atom is -0.365 e. The Morgan fingerprint density at radius 1 is 1.28 bits per heavy atom. The summed E-state index contributed by atoms with van der Waals surface area (Å²) in [5, 5.41) is 14.0. The van der Waals surface area contributed by atoms with Gasteiger partial charge in [-0.1, -0.05) is 20.8 Å². The molecule has 132 valence electrons. The van der Waals surface area contributed by atoms with Crippen molar-refractivity contribution in [3.63, 3.8) is 0 Å². The molecule has 0 saturated carbocycles. The fourth-order valence-electron chi connectivity index (χ4n) is 2.76. The van der Waals surface area contributed by atoms with E-state index in [9.17, 15) is 10.1 Å². The Bertz CT molecular complexity index is 756. The first-order valence-electron chi connectivity index (χ1n) is 8.28. The Kier molecular flexibility index (Phi) is 4.52. The highest BCUT2D eigenvalue weighted by molar-refractivity contribution is 5.44. The molecule has 2 aromatic heterocycles. The van der Waals surface area contributed by atoms with Crippen LogP contribution in [0.1, 0.15) is 33.0 Å². The molecule has 0 spiro atoms. The van der Waals surface area contributed by atoms with Crippen LogP contribution in [-0.4, -0.2) is 39.0 Å². The van der Waals surface area contributed by atoms with Crippen molar-refractivity contribution in [2.45, 2.75) is 38.6 Å². The third-order valence-corrected chi connectivity index (χ3v) is 4.13. The van der Waals surface area contributed by atoms with E-state index in [0.29, 0.717) is 5.82 Å². The van der Waals surface area contributed by atoms with Gasteiger partial charge in [-0.3, -0.25) is 10.1 Å². The Morgan fingerprint density at radius 3 is 2.72 bits per heavy atom. The summed E-state index contributed by atoms with van der Waals surface area (Å²) < 4.78 is 0. The van der Waals surface area contributed by atoms with Gasteiger partial charge in [0, 0.05) is 36.8 Å². The quantitative estimate of drug-likeness (QED) is 0.674. The maximum Gasteiger partial charge on any atom is 0.287 e. The van der Waals surface area contributed by atoms with Crippen LogP contribution in [0.15, 0.2) is 30.6 Å². The summed E-state index contributed by atoms with van der Waals surface area (Å²) in [5.74, 6) is 2.41. The van der Waals surface area contributed by atoms with Gasteiger partial charge < -0.3 is 10.2 Å². The summed E-state index contributed by atoms with van der Waals surface area (Å²) in [6, 6.07) is 5.26. The second-order valence-corrected chi connectivity index (χ2v) is 7.22. The molecule has 1 aliphatic rings. The zero-order chi connectivity index (χ0) is 18.0. The first kappa shape index (κ1) is 17.1. The van der Waals surface area contributed by atoms with Crippen LogP contribution in [-0.2, 0) is 5.41 Å². The lowest BCUT2D eigenvalue weighted by Gasteiger charge is -2.21. The molecule has 1 N–H and O–H groups in total. The van der Waals surface area contributed by atoms with Crippen molar-refractivity contribution in [3.05, 3.63) is 46.5 Å². The molecule has 0 amide bonds. The molecule has 3 heterocycles. The van der Waals surface area contributed by atoms with Gasteiger partial charge in [0.1, 0.15) is 23.7 Å². The van der Waals surface area contributed by atoms with Gasteiger partial charge in [-0.15, -0.1) is 0 Å². The van der Waals surface area contributed by atoms with Gasteiger partial charge >= 0.3 is 0 Å². The fourth-order valence-corrected chi connectivity index (χ4v) is 2.76. The fraction of sp³-hybridized carbons (Fsp3) is 0.471. The maximum absolute atomic E-state index is 10.7. The molecule has 8 heteroatoms. The average molecular weight is 342 g/mol. The zero-order valence-electron chi connectivity index (χ0n) is 14.6. The van der Waals surface area contributed by atoms with Crippen molar-refractivity contribution in [2.24, 2.45) is 0 Å². The minimum atomic E-state index is -0.448. The summed E-state index contributed by atoms with van der Waals surface area (Å²) >= 11 is 0. The van der Waals surface area contributed by atoms with E-state index in [0.717, 1.165) is 31.2 Å². The summed E-state index contributed by atoms with van der Waals surface area (Å²) in [5.41, 5.74) is -0.0925. The first-order valence-corrected chi connectivity index (χ1v) is 8.28. The topological polar surface area (TPSA) is 97.1 Å². The number of rotatable bonds is 4. The normalized spacial score (nSPS) is 17.6. The van der Waals surface area contributed by atoms with Gasteiger partial charge in [0.05, 0.1) is 4.92 Å². The second kappa shape index (κ2) is 6.62. The number of aromatic nitrogens is 3. The van der Waals surface area contributed by atoms with E-state index < -0.39 is 4.92 Å². The third-order valence-electron chi connectivity index (χ3n) is 4.13. The van der Waals surface area contributed by atoms with Crippen molar-refractivity contribution in [3.8, 4) is 0 Å². The Labute approximate surface area is 146 Å². The van der Waals surface area contributed by atoms with Crippen molar-refractivity contribution >= 4 is 17.3 Å². The first-order chi connectivity index (χ1) is 11.8. The molecular formula is C17H22N6O2. The Balaban J connectivity index is 1.65. The number of anilines is 2. The highest BCUT2D eigenvalue weighted by Crippen LogP contribution is 2.24. The van der Waals surface area contributed by atoms with Crippen LogP contribution < -0.4 is 10.2 Å². The van der Waals surface area contributed by atoms with E-state index in [2.05, 4.69) is 41.0 Å². The van der Waals surface area contributed by atoms with Crippen LogP contribution >= 0.6 is 0 Å². The molecule has 0 bridgehead atoms. The summed E-state index contributed by atoms with van der Waals surface area (Å²) in [6.45, 7) is 7.99. The van der Waals surface area contributed by atoms with Gasteiger partial charge in [-0.25, -0.2) is 15.0 Å². The largest absolute Gasteiger partial charge is 0.365 e. The maximum atomic E-state index is 10.7. The van der Waals surface area contributed by atoms with E-state index in [1.165, 1.54) is 12.3 Å². The molecular weight excluding hydrogens is 320 g/mol. The Hall–Kier alpha value is -2.77. The lowest BCUT2D eigenvalue weighted by molar-refractivity contribution is -0.385. The highest BCUT2D eigenvalue weighted by Gasteiger charge is 2.25. The summed E-state index contributed by atoms with van der Waals surface area (Å²) in [4.78, 5) is 25.6. The molecule has 1 saturated heterocycles. The van der Waals surface area contributed by atoms with Gasteiger partial charge in [0.15, 0.2) is 0 Å². The lowest BCUT2D eigenvalue weighted by Crippen LogP contribution is -2.28. The molecule has 8 nitrogen and oxygen atoms in total. The number of pyridine rings is 1. The Morgan fingerprint density at radius 2 is 2.08 bits per heavy atom. The number of nitrogens with zero attached hydrogens (tertiary/aromatic N) is 5. The highest BCUT2D eigenvalue weighted by atomic mass is 16.6. The average Bonchev–Trinajstić information content (AvgIpc) is 3.03. The molecule has 0 radical (unpaired) electrons. The smallest absolute Gasteiger partial charge is 0.287 e. The SMILES string of the molecule is CC(C)(C)c1nccc(N2CC[C@@H](Nc3ccc([N+](=O)[O-])cn3)C2)n1. The van der Waals surface area contributed by atoms with Crippen LogP contribution in [0.4, 0.5) is 17.3 Å². The van der Waals surface area contributed by atoms with Gasteiger partial charge in [-0.05, 0) is 18.6 Å². The third kappa shape index (κ3) is 4.01. The van der Waals surface area contributed by atoms with E-state index in [1.807, 2.05) is 12.3 Å². The predicted octanol–water partition coefficient (Wildman–Crippen LogP) is 2.77. The molecule has 25 heavy (non-hydrogen) atoms. The summed E-state index contributed by atoms with van der Waals surface area (Å²) in [7, 11) is 0. The molecule has 3 rings (SSSR count). The van der Waals surface area contributed by atoms with E-state index in [1.54, 1.807) is 6.07 Å². The molecule has 0 aliphatic carbocycles. The van der Waals surface area contributed by atoms with Crippen LogP contribution in [0, 0.1) is 10.1 Å². The monoisotopic (exact) mass is 342 g/mol. The molecule has 1 aliphatic heterocycles. The van der Waals surface area contributed by atoms with Crippen molar-refractivity contribution in [1.82, 2.24) is 15.0 Å². The second-order valence-electron chi connectivity index (χ2n) is 7.22. The van der Waals surface area contributed by atoms with E-state index in [4.69, 9.17) is 4.98 Å². The standard InChI is InChI=1S/C17H22N6O2/c1-17(2,3)16-18-8-6-15(21-16)22-9-7-12(11-22)20-14-5-4-13(10-19-14)23(24)25/h4-6,8,10,12H,7,9,11H2,1-3H3,(H,19,20)/t12-/m1/s1. The van der Waals surface area contributed by atoms with Crippen LogP contribution in [0.25, 0.3) is 0 Å². The van der Waals surface area contributed by atoms with Crippen molar-refractivity contribution in [2.75, 3.05) is 23.3 Å². The van der Waals surface area contributed by atoms with Gasteiger partial charge in [0.25, 0.3) is 5.69 Å². The number of hydrogen-bond acceptors (Lipinski definition) is 7. The van der Waals surface area contributed by atoms with Crippen LogP contribution in [0.5, 0.6) is 0 Å². The summed E-state index contributed by atoms with van der Waals surface area (Å²) in [6.07, 6.45) is 4.03. The van der Waals surface area contributed by atoms with Crippen LogP contribution in [0.2, 0.25) is 0 Å². The number of nitro groups is 1. The van der Waals surface area contributed by atoms with E-state index >= 15 is 0 Å².